The predicted molar refractivity (Wildman–Crippen MR) is 133 cm³/mol. The number of rotatable bonds is 6. The monoisotopic (exact) mass is 543 g/mol. The summed E-state index contributed by atoms with van der Waals surface area (Å²) in [4.78, 5) is 30.5. The molecule has 2 aliphatic rings. The summed E-state index contributed by atoms with van der Waals surface area (Å²) in [6, 6.07) is 8.15. The van der Waals surface area contributed by atoms with Crippen molar-refractivity contribution in [1.29, 1.82) is 0 Å². The molecule has 1 fully saturated rings. The van der Waals surface area contributed by atoms with Crippen LogP contribution in [0.25, 0.3) is 0 Å². The summed E-state index contributed by atoms with van der Waals surface area (Å²) < 4.78 is 5.53. The number of guanidine groups is 1. The SMILES string of the molecule is CN=C(NCCN(C(=O)OC(C)(C)C)C1CC1)NCC1CC(=O)Nc2ccccc21.I. The molecule has 3 rings (SSSR count). The van der Waals surface area contributed by atoms with Crippen molar-refractivity contribution in [2.45, 2.75) is 57.6 Å². The number of carbonyl (C=O) groups is 2. The van der Waals surface area contributed by atoms with Crippen LogP contribution in [0, 0.1) is 0 Å². The molecule has 1 aliphatic heterocycles. The van der Waals surface area contributed by atoms with Gasteiger partial charge in [0.05, 0.1) is 0 Å². The highest BCUT2D eigenvalue weighted by Crippen LogP contribution is 2.31. The number of carbonyl (C=O) groups excluding carboxylic acids is 2. The van der Waals surface area contributed by atoms with Crippen LogP contribution in [0.2, 0.25) is 0 Å². The Labute approximate surface area is 201 Å². The molecule has 0 radical (unpaired) electrons. The second-order valence-electron chi connectivity index (χ2n) is 8.82. The van der Waals surface area contributed by atoms with Crippen molar-refractivity contribution in [3.8, 4) is 0 Å². The van der Waals surface area contributed by atoms with Gasteiger partial charge in [-0.25, -0.2) is 4.79 Å². The second-order valence-corrected chi connectivity index (χ2v) is 8.82. The van der Waals surface area contributed by atoms with Gasteiger partial charge in [-0.1, -0.05) is 18.2 Å². The summed E-state index contributed by atoms with van der Waals surface area (Å²) in [5.41, 5.74) is 1.50. The van der Waals surface area contributed by atoms with Gasteiger partial charge in [-0.2, -0.15) is 0 Å². The molecule has 0 saturated heterocycles. The molecule has 1 saturated carbocycles. The first-order valence-electron chi connectivity index (χ1n) is 10.6. The minimum absolute atomic E-state index is 0. The Hall–Kier alpha value is -2.04. The zero-order valence-electron chi connectivity index (χ0n) is 18.7. The number of para-hydroxylation sites is 1. The zero-order valence-corrected chi connectivity index (χ0v) is 21.1. The third-order valence-corrected chi connectivity index (χ3v) is 5.11. The number of amides is 2. The minimum atomic E-state index is -0.502. The second kappa shape index (κ2) is 11.0. The molecular weight excluding hydrogens is 509 g/mol. The number of fused-ring (bicyclic) bond motifs is 1. The molecule has 0 aromatic heterocycles. The van der Waals surface area contributed by atoms with Crippen molar-refractivity contribution in [2.75, 3.05) is 32.0 Å². The standard InChI is InChI=1S/C22H33N5O3.HI/c1-22(2,3)30-21(29)27(16-9-10-16)12-11-24-20(23-4)25-14-15-13-19(28)26-18-8-6-5-7-17(15)18;/h5-8,15-16H,9-14H2,1-4H3,(H,26,28)(H2,23,24,25);1H. The molecule has 0 spiro atoms. The van der Waals surface area contributed by atoms with E-state index >= 15 is 0 Å². The van der Waals surface area contributed by atoms with Crippen LogP contribution in [-0.4, -0.2) is 61.2 Å². The Morgan fingerprint density at radius 1 is 1.26 bits per heavy atom. The maximum Gasteiger partial charge on any atom is 0.410 e. The average Bonchev–Trinajstić information content (AvgIpc) is 3.50. The fourth-order valence-electron chi connectivity index (χ4n) is 3.55. The third kappa shape index (κ3) is 7.55. The number of anilines is 1. The first kappa shape index (κ1) is 25.2. The number of nitrogens with zero attached hydrogens (tertiary/aromatic N) is 2. The summed E-state index contributed by atoms with van der Waals surface area (Å²) >= 11 is 0. The number of ether oxygens (including phenoxy) is 1. The number of hydrogen-bond donors (Lipinski definition) is 3. The van der Waals surface area contributed by atoms with E-state index in [0.29, 0.717) is 32.0 Å². The van der Waals surface area contributed by atoms with Crippen molar-refractivity contribution in [2.24, 2.45) is 4.99 Å². The molecule has 3 N–H and O–H groups in total. The van der Waals surface area contributed by atoms with Crippen LogP contribution in [0.4, 0.5) is 10.5 Å². The van der Waals surface area contributed by atoms with Crippen LogP contribution in [0.5, 0.6) is 0 Å². The Kier molecular flexibility index (Phi) is 8.96. The maximum absolute atomic E-state index is 12.5. The lowest BCUT2D eigenvalue weighted by atomic mass is 9.90. The van der Waals surface area contributed by atoms with Crippen LogP contribution in [0.15, 0.2) is 29.3 Å². The van der Waals surface area contributed by atoms with Crippen LogP contribution in [0.1, 0.15) is 51.5 Å². The van der Waals surface area contributed by atoms with Crippen molar-refractivity contribution in [3.63, 3.8) is 0 Å². The van der Waals surface area contributed by atoms with Crippen molar-refractivity contribution < 1.29 is 14.3 Å². The van der Waals surface area contributed by atoms with Gasteiger partial charge in [0.25, 0.3) is 0 Å². The normalized spacial score (nSPS) is 18.3. The summed E-state index contributed by atoms with van der Waals surface area (Å²) in [7, 11) is 1.71. The molecule has 1 aliphatic carbocycles. The zero-order chi connectivity index (χ0) is 21.7. The molecule has 1 aromatic rings. The fraction of sp³-hybridized carbons (Fsp3) is 0.591. The van der Waals surface area contributed by atoms with Gasteiger partial charge in [0.2, 0.25) is 5.91 Å². The van der Waals surface area contributed by atoms with Gasteiger partial charge in [-0.3, -0.25) is 9.79 Å². The van der Waals surface area contributed by atoms with Crippen molar-refractivity contribution in [3.05, 3.63) is 29.8 Å². The Balaban J connectivity index is 0.00000341. The van der Waals surface area contributed by atoms with E-state index in [0.717, 1.165) is 24.1 Å². The van der Waals surface area contributed by atoms with Gasteiger partial charge < -0.3 is 25.6 Å². The predicted octanol–water partition coefficient (Wildman–Crippen LogP) is 3.29. The van der Waals surface area contributed by atoms with Gasteiger partial charge >= 0.3 is 6.09 Å². The van der Waals surface area contributed by atoms with Gasteiger partial charge in [0.15, 0.2) is 5.96 Å². The summed E-state index contributed by atoms with van der Waals surface area (Å²) in [6.45, 7) is 7.35. The van der Waals surface area contributed by atoms with Crippen LogP contribution in [0.3, 0.4) is 0 Å². The van der Waals surface area contributed by atoms with E-state index in [1.165, 1.54) is 0 Å². The summed E-state index contributed by atoms with van der Waals surface area (Å²) in [5.74, 6) is 0.762. The quantitative estimate of drug-likeness (QED) is 0.291. The average molecular weight is 543 g/mol. The molecular formula is C22H34IN5O3. The maximum atomic E-state index is 12.5. The summed E-state index contributed by atoms with van der Waals surface area (Å²) in [5, 5.41) is 9.49. The smallest absolute Gasteiger partial charge is 0.410 e. The molecule has 31 heavy (non-hydrogen) atoms. The minimum Gasteiger partial charge on any atom is -0.444 e. The molecule has 172 valence electrons. The topological polar surface area (TPSA) is 95.1 Å². The molecule has 1 heterocycles. The first-order chi connectivity index (χ1) is 14.3. The van der Waals surface area contributed by atoms with Crippen LogP contribution < -0.4 is 16.0 Å². The number of hydrogen-bond acceptors (Lipinski definition) is 4. The summed E-state index contributed by atoms with van der Waals surface area (Å²) in [6.07, 6.45) is 2.22. The lowest BCUT2D eigenvalue weighted by molar-refractivity contribution is -0.116. The van der Waals surface area contributed by atoms with Gasteiger partial charge in [-0.05, 0) is 45.2 Å². The largest absolute Gasteiger partial charge is 0.444 e. The number of benzene rings is 1. The van der Waals surface area contributed by atoms with Gasteiger partial charge in [0.1, 0.15) is 5.60 Å². The Morgan fingerprint density at radius 2 is 1.97 bits per heavy atom. The molecule has 1 unspecified atom stereocenters. The first-order valence-corrected chi connectivity index (χ1v) is 10.6. The highest BCUT2D eigenvalue weighted by Gasteiger charge is 2.35. The van der Waals surface area contributed by atoms with E-state index in [1.807, 2.05) is 45.0 Å². The highest BCUT2D eigenvalue weighted by molar-refractivity contribution is 14.0. The lowest BCUT2D eigenvalue weighted by Gasteiger charge is -2.28. The van der Waals surface area contributed by atoms with Crippen LogP contribution in [-0.2, 0) is 9.53 Å². The van der Waals surface area contributed by atoms with E-state index in [9.17, 15) is 9.59 Å². The Morgan fingerprint density at radius 3 is 2.61 bits per heavy atom. The van der Waals surface area contributed by atoms with Gasteiger partial charge in [0, 0.05) is 50.7 Å². The Bertz CT molecular complexity index is 805. The number of aliphatic imine (C=N–C) groups is 1. The lowest BCUT2D eigenvalue weighted by Crippen LogP contribution is -2.46. The molecule has 0 bridgehead atoms. The molecule has 9 heteroatoms. The van der Waals surface area contributed by atoms with E-state index in [-0.39, 0.29) is 47.9 Å². The third-order valence-electron chi connectivity index (χ3n) is 5.11. The number of nitrogens with one attached hydrogen (secondary N) is 3. The molecule has 2 amide bonds. The van der Waals surface area contributed by atoms with E-state index in [4.69, 9.17) is 4.74 Å². The van der Waals surface area contributed by atoms with E-state index in [2.05, 4.69) is 20.9 Å². The molecule has 1 atom stereocenters. The highest BCUT2D eigenvalue weighted by atomic mass is 127. The van der Waals surface area contributed by atoms with E-state index < -0.39 is 5.60 Å². The fourth-order valence-corrected chi connectivity index (χ4v) is 3.55. The van der Waals surface area contributed by atoms with Crippen molar-refractivity contribution in [1.82, 2.24) is 15.5 Å². The van der Waals surface area contributed by atoms with Crippen LogP contribution >= 0.6 is 24.0 Å². The van der Waals surface area contributed by atoms with Crippen molar-refractivity contribution >= 4 is 47.6 Å². The van der Waals surface area contributed by atoms with E-state index in [1.54, 1.807) is 11.9 Å². The van der Waals surface area contributed by atoms with Gasteiger partial charge in [-0.15, -0.1) is 24.0 Å². The molecule has 8 nitrogen and oxygen atoms in total. The molecule has 1 aromatic carbocycles. The number of halogens is 1.